The summed E-state index contributed by atoms with van der Waals surface area (Å²) in [6.45, 7) is 27.5. The van der Waals surface area contributed by atoms with Crippen LogP contribution in [0.25, 0.3) is 127 Å². The Morgan fingerprint density at radius 2 is 0.696 bits per heavy atom. The van der Waals surface area contributed by atoms with Crippen molar-refractivity contribution in [1.82, 2.24) is 9.13 Å². The molecule has 6 nitrogen and oxygen atoms in total. The molecule has 19 aromatic rings. The second kappa shape index (κ2) is 25.8. The van der Waals surface area contributed by atoms with Crippen LogP contribution in [0.4, 0.5) is 39.8 Å². The highest BCUT2D eigenvalue weighted by Crippen LogP contribution is 2.66. The smallest absolute Gasteiger partial charge is 0.252 e. The van der Waals surface area contributed by atoms with E-state index in [1.165, 1.54) is 55.6 Å². The zero-order chi connectivity index (χ0) is 96.4. The Hall–Kier alpha value is -15.0. The summed E-state index contributed by atoms with van der Waals surface area (Å²) in [7, 11) is 0. The molecule has 6 aliphatic rings. The highest BCUT2D eigenvalue weighted by molar-refractivity contribution is 7.00. The molecule has 0 N–H and O–H groups in total. The van der Waals surface area contributed by atoms with Gasteiger partial charge in [0.15, 0.2) is 5.69 Å². The van der Waals surface area contributed by atoms with Gasteiger partial charge in [0.1, 0.15) is 0 Å². The Bertz CT molecular complexity index is 8440. The molecule has 0 saturated carbocycles. The fourth-order valence-corrected chi connectivity index (χ4v) is 22.2. The van der Waals surface area contributed by atoms with Crippen LogP contribution in [0.2, 0.25) is 0 Å². The molecule has 4 heterocycles. The fourth-order valence-electron chi connectivity index (χ4n) is 22.2. The van der Waals surface area contributed by atoms with E-state index in [0.717, 1.165) is 111 Å². The van der Waals surface area contributed by atoms with E-state index in [0.29, 0.717) is 22.7 Å². The highest BCUT2D eigenvalue weighted by atomic mass is 15.2. The third kappa shape index (κ3) is 9.90. The molecule has 0 radical (unpaired) electrons. The Morgan fingerprint density at radius 3 is 1.10 bits per heavy atom. The monoisotopic (exact) mass is 1610 g/mol. The minimum absolute atomic E-state index is 0.0612. The number of hydrogen-bond acceptors (Lipinski definition) is 3. The first-order valence-electron chi connectivity index (χ1n) is 49.8. The zero-order valence-corrected chi connectivity index (χ0v) is 70.2. The van der Waals surface area contributed by atoms with Crippen LogP contribution in [-0.2, 0) is 27.1 Å². The van der Waals surface area contributed by atoms with Crippen LogP contribution >= 0.6 is 0 Å². The number of benzene rings is 17. The van der Waals surface area contributed by atoms with E-state index in [1.54, 1.807) is 9.13 Å². The summed E-state index contributed by atoms with van der Waals surface area (Å²) < 4.78 is 139. The molecule has 0 bridgehead atoms. The quantitative estimate of drug-likeness (QED) is 0.123. The van der Waals surface area contributed by atoms with Crippen molar-refractivity contribution in [2.45, 2.75) is 89.4 Å². The molecule has 0 amide bonds. The molecule has 2 aromatic heterocycles. The minimum Gasteiger partial charge on any atom is -0.311 e. The molecular formula is C118H85BN6. The molecule has 17 aromatic carbocycles. The van der Waals surface area contributed by atoms with Gasteiger partial charge in [-0.25, -0.2) is 4.85 Å². The zero-order valence-electron chi connectivity index (χ0n) is 84.2. The molecule has 2 spiro atoms. The third-order valence-corrected chi connectivity index (χ3v) is 27.8. The van der Waals surface area contributed by atoms with Crippen LogP contribution in [0.5, 0.6) is 0 Å². The molecule has 7 heteroatoms. The van der Waals surface area contributed by atoms with Gasteiger partial charge in [-0.05, 0) is 270 Å². The number of nitrogens with zero attached hydrogens (tertiary/aromatic N) is 6. The summed E-state index contributed by atoms with van der Waals surface area (Å²) >= 11 is 0. The summed E-state index contributed by atoms with van der Waals surface area (Å²) in [6.07, 6.45) is 0. The Kier molecular flexibility index (Phi) is 12.3. The summed E-state index contributed by atoms with van der Waals surface area (Å²) in [4.78, 5) is 8.32. The van der Waals surface area contributed by atoms with Gasteiger partial charge in [-0.1, -0.05) is 299 Å². The van der Waals surface area contributed by atoms with Gasteiger partial charge in [0.25, 0.3) is 6.71 Å². The molecule has 0 unspecified atom stereocenters. The van der Waals surface area contributed by atoms with Crippen LogP contribution in [-0.4, -0.2) is 15.8 Å². The van der Waals surface area contributed by atoms with Gasteiger partial charge in [-0.2, -0.15) is 5.26 Å². The molecule has 590 valence electrons. The van der Waals surface area contributed by atoms with Crippen molar-refractivity contribution in [3.05, 3.63) is 430 Å². The second-order valence-corrected chi connectivity index (χ2v) is 37.3. The molecule has 125 heavy (non-hydrogen) atoms. The van der Waals surface area contributed by atoms with Crippen molar-refractivity contribution < 1.29 is 19.2 Å². The van der Waals surface area contributed by atoms with Crippen LogP contribution in [0.3, 0.4) is 0 Å². The molecule has 25 rings (SSSR count). The minimum atomic E-state index is -0.785. The lowest BCUT2D eigenvalue weighted by atomic mass is 9.33. The number of fused-ring (bicyclic) bond motifs is 30. The Morgan fingerprint density at radius 1 is 0.328 bits per heavy atom. The van der Waals surface area contributed by atoms with E-state index in [1.807, 2.05) is 42.5 Å². The standard InChI is InChI=1S/C118H85BN6/c1-114(2,3)73-46-56-105(87(62-73)71-44-51-99-89(60-71)83-31-15-23-39-97(83)117(99)93-35-19-11-27-79(93)80-28-12-20-36-94(80)117)124-109-67-77(122-103-41-25-17-33-85(103)91-59-70(69-120)43-55-107(91)122)49-53-101(109)119-102-54-50-78(123-104-42-26-18-34-86(104)92-66-76(121-10)48-58-108(92)123)68-110(102)125(112-65-75(116(7,8)9)64-111(124)113(112)119)106-57-47-74(115(4,5)6)63-88(106)72-45-52-100-90(61-72)84-32-16-24-40-98(84)118(100)95-37-21-13-29-81(95)82-30-14-22-38-96(82)118/h11-68H,1-9H3/i17D,18D,25D,26D,33D,34D,41D,42D,43D,48D,55D,58D,59D,66D. The number of para-hydroxylation sites is 2. The van der Waals surface area contributed by atoms with Crippen molar-refractivity contribution in [3.8, 4) is 84.2 Å². The van der Waals surface area contributed by atoms with Crippen LogP contribution in [0.1, 0.15) is 148 Å². The predicted molar refractivity (Wildman–Crippen MR) is 520 cm³/mol. The van der Waals surface area contributed by atoms with E-state index >= 15 is 0 Å². The summed E-state index contributed by atoms with van der Waals surface area (Å²) in [6, 6.07) is 91.3. The number of anilines is 6. The number of nitriles is 1. The van der Waals surface area contributed by atoms with Gasteiger partial charge in [-0.3, -0.25) is 0 Å². The first kappa shape index (κ1) is 59.7. The topological polar surface area (TPSA) is 44.5 Å². The summed E-state index contributed by atoms with van der Waals surface area (Å²) in [5.41, 5.74) is 28.2. The van der Waals surface area contributed by atoms with Crippen molar-refractivity contribution in [2.75, 3.05) is 9.80 Å². The fraction of sp³-hybridized carbons (Fsp3) is 0.119. The molecule has 4 aliphatic carbocycles. The van der Waals surface area contributed by atoms with Gasteiger partial charge >= 0.3 is 0 Å². The van der Waals surface area contributed by atoms with E-state index in [4.69, 9.17) is 6.57 Å². The van der Waals surface area contributed by atoms with Crippen molar-refractivity contribution in [1.29, 1.82) is 5.26 Å². The predicted octanol–water partition coefficient (Wildman–Crippen LogP) is 28.3. The van der Waals surface area contributed by atoms with E-state index in [2.05, 4.69) is 307 Å². The normalized spacial score (nSPS) is 15.8. The first-order chi connectivity index (χ1) is 66.7. The Balaban J connectivity index is 0.824. The molecule has 2 aliphatic heterocycles. The van der Waals surface area contributed by atoms with E-state index < -0.39 is 130 Å². The number of hydrogen-bond donors (Lipinski definition) is 0. The van der Waals surface area contributed by atoms with E-state index in [9.17, 15) is 24.5 Å². The molecular weight excluding hydrogens is 1510 g/mol. The van der Waals surface area contributed by atoms with Crippen LogP contribution < -0.4 is 26.2 Å². The SMILES string of the molecule is [2H]c1c([2H])c([2H])c2c(c1[2H])c1c([2H])c(C#N)c([2H])c([2H])c1n2-c1ccc2c(c1)N(c1ccc(C(C)(C)C)cc1-c1ccc3c(c1)-c1ccccc1C31c3ccccc3-c3ccccc31)c1cc(C(C)(C)C)cc3c1B2c1ccc(-n2c4c([2H])c([2H])c([2H])c([2H])c4c4c([2H])c([N+]#[C-])c([2H])c([2H])c42)cc1N3c1ccc(C(C)(C)C)cc1-c1ccc2c(c1)-c1ccccc1C21c2ccccc2-c2ccccc21. The van der Waals surface area contributed by atoms with Gasteiger partial charge < -0.3 is 18.9 Å². The maximum absolute atomic E-state index is 10.8. The largest absolute Gasteiger partial charge is 0.311 e. The number of rotatable bonds is 6. The second-order valence-electron chi connectivity index (χ2n) is 37.3. The average molecular weight is 1610 g/mol. The van der Waals surface area contributed by atoms with Crippen molar-refractivity contribution in [3.63, 3.8) is 0 Å². The lowest BCUT2D eigenvalue weighted by Crippen LogP contribution is -2.61. The summed E-state index contributed by atoms with van der Waals surface area (Å²) in [5.74, 6) is 0. The maximum Gasteiger partial charge on any atom is 0.252 e. The van der Waals surface area contributed by atoms with Crippen LogP contribution in [0.15, 0.2) is 352 Å². The third-order valence-electron chi connectivity index (χ3n) is 27.8. The van der Waals surface area contributed by atoms with Gasteiger partial charge in [0.05, 0.1) is 78.9 Å². The lowest BCUT2D eigenvalue weighted by molar-refractivity contribution is 0.590. The maximum atomic E-state index is 10.8. The van der Waals surface area contributed by atoms with Gasteiger partial charge in [0.2, 0.25) is 0 Å². The average Bonchev–Trinajstić information content (AvgIpc) is 1.61. The Labute approximate surface area is 749 Å². The van der Waals surface area contributed by atoms with Crippen LogP contribution in [0, 0.1) is 17.9 Å². The summed E-state index contributed by atoms with van der Waals surface area (Å²) in [5, 5.41) is 10.5. The van der Waals surface area contributed by atoms with Crippen molar-refractivity contribution in [2.24, 2.45) is 0 Å². The molecule has 0 atom stereocenters. The lowest BCUT2D eigenvalue weighted by Gasteiger charge is -2.46. The first-order valence-corrected chi connectivity index (χ1v) is 42.8. The molecule has 0 fully saturated rings. The highest BCUT2D eigenvalue weighted by Gasteiger charge is 2.54. The van der Waals surface area contributed by atoms with Crippen molar-refractivity contribution >= 4 is 107 Å². The van der Waals surface area contributed by atoms with E-state index in [-0.39, 0.29) is 43.6 Å². The van der Waals surface area contributed by atoms with Gasteiger partial charge in [0, 0.05) is 64.2 Å². The number of aromatic nitrogens is 2. The van der Waals surface area contributed by atoms with Gasteiger partial charge in [-0.15, -0.1) is 0 Å². The molecule has 0 saturated heterocycles.